The average Bonchev–Trinajstić information content (AvgIpc) is 2.41. The SMILES string of the molecule is CCNc1cc(C(=O)NC2CCCCC2C)cc(C)n1. The second-order valence-corrected chi connectivity index (χ2v) is 5.75. The Morgan fingerprint density at radius 3 is 2.80 bits per heavy atom. The molecule has 110 valence electrons. The Bertz CT molecular complexity index is 473. The summed E-state index contributed by atoms with van der Waals surface area (Å²) in [6, 6.07) is 4.00. The first-order valence-corrected chi connectivity index (χ1v) is 7.63. The Morgan fingerprint density at radius 2 is 2.10 bits per heavy atom. The highest BCUT2D eigenvalue weighted by Gasteiger charge is 2.23. The number of hydrogen-bond donors (Lipinski definition) is 2. The topological polar surface area (TPSA) is 54.0 Å². The van der Waals surface area contributed by atoms with E-state index in [9.17, 15) is 4.79 Å². The Balaban J connectivity index is 2.08. The van der Waals surface area contributed by atoms with E-state index < -0.39 is 0 Å². The molecule has 0 saturated heterocycles. The van der Waals surface area contributed by atoms with Crippen LogP contribution in [-0.2, 0) is 0 Å². The van der Waals surface area contributed by atoms with Crippen LogP contribution in [0.3, 0.4) is 0 Å². The van der Waals surface area contributed by atoms with E-state index in [4.69, 9.17) is 0 Å². The van der Waals surface area contributed by atoms with Gasteiger partial charge in [-0.3, -0.25) is 4.79 Å². The molecular formula is C16H25N3O. The first-order valence-electron chi connectivity index (χ1n) is 7.63. The van der Waals surface area contributed by atoms with Crippen LogP contribution in [0.15, 0.2) is 12.1 Å². The summed E-state index contributed by atoms with van der Waals surface area (Å²) in [4.78, 5) is 16.8. The number of aryl methyl sites for hydroxylation is 1. The lowest BCUT2D eigenvalue weighted by Gasteiger charge is -2.29. The van der Waals surface area contributed by atoms with E-state index >= 15 is 0 Å². The number of hydrogen-bond acceptors (Lipinski definition) is 3. The fraction of sp³-hybridized carbons (Fsp3) is 0.625. The lowest BCUT2D eigenvalue weighted by atomic mass is 9.86. The van der Waals surface area contributed by atoms with Crippen LogP contribution in [0.4, 0.5) is 5.82 Å². The molecular weight excluding hydrogens is 250 g/mol. The van der Waals surface area contributed by atoms with Gasteiger partial charge in [-0.1, -0.05) is 19.8 Å². The van der Waals surface area contributed by atoms with Gasteiger partial charge in [-0.05, 0) is 44.7 Å². The first-order chi connectivity index (χ1) is 9.60. The molecule has 20 heavy (non-hydrogen) atoms. The van der Waals surface area contributed by atoms with Crippen molar-refractivity contribution in [1.82, 2.24) is 10.3 Å². The molecule has 1 saturated carbocycles. The molecule has 0 aromatic carbocycles. The second kappa shape index (κ2) is 6.73. The highest BCUT2D eigenvalue weighted by Crippen LogP contribution is 2.24. The number of aromatic nitrogens is 1. The van der Waals surface area contributed by atoms with Crippen LogP contribution in [0.25, 0.3) is 0 Å². The van der Waals surface area contributed by atoms with E-state index in [1.165, 1.54) is 19.3 Å². The van der Waals surface area contributed by atoms with Crippen molar-refractivity contribution < 1.29 is 4.79 Å². The van der Waals surface area contributed by atoms with E-state index in [-0.39, 0.29) is 5.91 Å². The quantitative estimate of drug-likeness (QED) is 0.887. The molecule has 4 nitrogen and oxygen atoms in total. The van der Waals surface area contributed by atoms with Crippen molar-refractivity contribution in [3.8, 4) is 0 Å². The number of carbonyl (C=O) groups is 1. The summed E-state index contributed by atoms with van der Waals surface area (Å²) >= 11 is 0. The van der Waals surface area contributed by atoms with Crippen molar-refractivity contribution in [2.24, 2.45) is 5.92 Å². The highest BCUT2D eigenvalue weighted by atomic mass is 16.1. The second-order valence-electron chi connectivity index (χ2n) is 5.75. The fourth-order valence-electron chi connectivity index (χ4n) is 2.85. The molecule has 2 unspecified atom stereocenters. The molecule has 4 heteroatoms. The van der Waals surface area contributed by atoms with Crippen molar-refractivity contribution in [3.05, 3.63) is 23.4 Å². The summed E-state index contributed by atoms with van der Waals surface area (Å²) in [5.74, 6) is 1.37. The average molecular weight is 275 g/mol. The molecule has 0 aliphatic heterocycles. The van der Waals surface area contributed by atoms with Crippen LogP contribution in [0, 0.1) is 12.8 Å². The molecule has 1 aromatic heterocycles. The van der Waals surface area contributed by atoms with Gasteiger partial charge in [0.05, 0.1) is 0 Å². The molecule has 2 N–H and O–H groups in total. The molecule has 0 spiro atoms. The summed E-state index contributed by atoms with van der Waals surface area (Å²) in [6.07, 6.45) is 4.81. The number of nitrogens with one attached hydrogen (secondary N) is 2. The minimum absolute atomic E-state index is 0.0217. The molecule has 1 aromatic rings. The number of nitrogens with zero attached hydrogens (tertiary/aromatic N) is 1. The first kappa shape index (κ1) is 14.8. The molecule has 1 aliphatic carbocycles. The van der Waals surface area contributed by atoms with Gasteiger partial charge in [0.1, 0.15) is 5.82 Å². The van der Waals surface area contributed by atoms with Crippen molar-refractivity contribution >= 4 is 11.7 Å². The monoisotopic (exact) mass is 275 g/mol. The summed E-state index contributed by atoms with van der Waals surface area (Å²) in [5, 5.41) is 6.35. The number of rotatable bonds is 4. The van der Waals surface area contributed by atoms with Gasteiger partial charge in [-0.25, -0.2) is 4.98 Å². The van der Waals surface area contributed by atoms with E-state index in [0.717, 1.165) is 24.5 Å². The molecule has 0 bridgehead atoms. The third kappa shape index (κ3) is 3.71. The zero-order chi connectivity index (χ0) is 14.5. The third-order valence-electron chi connectivity index (χ3n) is 4.00. The normalized spacial score (nSPS) is 22.4. The van der Waals surface area contributed by atoms with Crippen LogP contribution >= 0.6 is 0 Å². The summed E-state index contributed by atoms with van der Waals surface area (Å²) in [5.41, 5.74) is 1.57. The minimum atomic E-state index is 0.0217. The lowest BCUT2D eigenvalue weighted by Crippen LogP contribution is -2.41. The number of carbonyl (C=O) groups excluding carboxylic acids is 1. The highest BCUT2D eigenvalue weighted by molar-refractivity contribution is 5.95. The van der Waals surface area contributed by atoms with Crippen LogP contribution < -0.4 is 10.6 Å². The van der Waals surface area contributed by atoms with Gasteiger partial charge in [0, 0.05) is 23.8 Å². The van der Waals surface area contributed by atoms with Crippen LogP contribution in [0.2, 0.25) is 0 Å². The maximum absolute atomic E-state index is 12.4. The van der Waals surface area contributed by atoms with Gasteiger partial charge in [0.25, 0.3) is 5.91 Å². The Kier molecular flexibility index (Phi) is 4.99. The summed E-state index contributed by atoms with van der Waals surface area (Å²) in [7, 11) is 0. The number of anilines is 1. The maximum Gasteiger partial charge on any atom is 0.251 e. The molecule has 0 radical (unpaired) electrons. The van der Waals surface area contributed by atoms with E-state index in [2.05, 4.69) is 22.5 Å². The third-order valence-corrected chi connectivity index (χ3v) is 4.00. The van der Waals surface area contributed by atoms with Crippen molar-refractivity contribution in [1.29, 1.82) is 0 Å². The summed E-state index contributed by atoms with van der Waals surface area (Å²) in [6.45, 7) is 6.97. The lowest BCUT2D eigenvalue weighted by molar-refractivity contribution is 0.0910. The smallest absolute Gasteiger partial charge is 0.251 e. The van der Waals surface area contributed by atoms with Crippen LogP contribution in [0.1, 0.15) is 55.6 Å². The molecule has 1 aliphatic rings. The predicted molar refractivity (Wildman–Crippen MR) is 82.0 cm³/mol. The Morgan fingerprint density at radius 1 is 1.35 bits per heavy atom. The summed E-state index contributed by atoms with van der Waals surface area (Å²) < 4.78 is 0. The Hall–Kier alpha value is -1.58. The van der Waals surface area contributed by atoms with E-state index in [1.807, 2.05) is 26.0 Å². The zero-order valence-electron chi connectivity index (χ0n) is 12.7. The van der Waals surface area contributed by atoms with Crippen molar-refractivity contribution in [3.63, 3.8) is 0 Å². The van der Waals surface area contributed by atoms with Gasteiger partial charge >= 0.3 is 0 Å². The fourth-order valence-corrected chi connectivity index (χ4v) is 2.85. The Labute approximate surface area is 121 Å². The van der Waals surface area contributed by atoms with Crippen molar-refractivity contribution in [2.45, 2.75) is 52.5 Å². The van der Waals surface area contributed by atoms with Crippen LogP contribution in [-0.4, -0.2) is 23.5 Å². The minimum Gasteiger partial charge on any atom is -0.370 e. The number of pyridine rings is 1. The maximum atomic E-state index is 12.4. The molecule has 1 heterocycles. The van der Waals surface area contributed by atoms with Gasteiger partial charge in [-0.2, -0.15) is 0 Å². The molecule has 1 fully saturated rings. The van der Waals surface area contributed by atoms with Crippen molar-refractivity contribution in [2.75, 3.05) is 11.9 Å². The van der Waals surface area contributed by atoms with Gasteiger partial charge in [-0.15, -0.1) is 0 Å². The number of amides is 1. The van der Waals surface area contributed by atoms with E-state index in [1.54, 1.807) is 0 Å². The van der Waals surface area contributed by atoms with Gasteiger partial charge < -0.3 is 10.6 Å². The van der Waals surface area contributed by atoms with E-state index in [0.29, 0.717) is 17.5 Å². The molecule has 1 amide bonds. The molecule has 2 rings (SSSR count). The van der Waals surface area contributed by atoms with Gasteiger partial charge in [0.2, 0.25) is 0 Å². The van der Waals surface area contributed by atoms with Gasteiger partial charge in [0.15, 0.2) is 0 Å². The predicted octanol–water partition coefficient (Wildman–Crippen LogP) is 3.13. The standard InChI is InChI=1S/C16H25N3O/c1-4-17-15-10-13(9-12(3)18-15)16(20)19-14-8-6-5-7-11(14)2/h9-11,14H,4-8H2,1-3H3,(H,17,18)(H,19,20). The van der Waals surface area contributed by atoms with Crippen LogP contribution in [0.5, 0.6) is 0 Å². The zero-order valence-corrected chi connectivity index (χ0v) is 12.7. The largest absolute Gasteiger partial charge is 0.370 e. The molecule has 2 atom stereocenters.